The number of rotatable bonds is 11. The van der Waals surface area contributed by atoms with Crippen molar-refractivity contribution in [1.29, 1.82) is 0 Å². The van der Waals surface area contributed by atoms with Crippen molar-refractivity contribution in [1.82, 2.24) is 20.9 Å². The Hall–Kier alpha value is -2.03. The molecule has 3 rings (SSSR count). The summed E-state index contributed by atoms with van der Waals surface area (Å²) in [7, 11) is 3.28. The van der Waals surface area contributed by atoms with Gasteiger partial charge < -0.3 is 30.3 Å². The first-order valence-electron chi connectivity index (χ1n) is 13.8. The molecule has 0 spiro atoms. The number of halogens is 1. The van der Waals surface area contributed by atoms with E-state index < -0.39 is 6.09 Å². The molecular weight excluding hydrogens is 492 g/mol. The number of nitrogens with zero attached hydrogens (tertiary/aromatic N) is 1. The summed E-state index contributed by atoms with van der Waals surface area (Å²) >= 11 is 6.29. The molecule has 37 heavy (non-hydrogen) atoms. The summed E-state index contributed by atoms with van der Waals surface area (Å²) in [6.07, 6.45) is 7.27. The van der Waals surface area contributed by atoms with Crippen LogP contribution >= 0.6 is 11.6 Å². The van der Waals surface area contributed by atoms with Crippen LogP contribution in [0.2, 0.25) is 5.02 Å². The minimum absolute atomic E-state index is 0.00586. The van der Waals surface area contributed by atoms with Crippen LogP contribution in [0.25, 0.3) is 0 Å². The molecule has 3 atom stereocenters. The van der Waals surface area contributed by atoms with Crippen LogP contribution in [0, 0.1) is 17.8 Å². The predicted molar refractivity (Wildman–Crippen MR) is 147 cm³/mol. The summed E-state index contributed by atoms with van der Waals surface area (Å²) in [6.45, 7) is 5.14. The second-order valence-electron chi connectivity index (χ2n) is 10.7. The smallest absolute Gasteiger partial charge is 0.406 e. The van der Waals surface area contributed by atoms with Crippen molar-refractivity contribution in [3.8, 4) is 0 Å². The van der Waals surface area contributed by atoms with Gasteiger partial charge in [-0.15, -0.1) is 0 Å². The van der Waals surface area contributed by atoms with Gasteiger partial charge in [0.2, 0.25) is 0 Å². The van der Waals surface area contributed by atoms with E-state index in [1.807, 2.05) is 36.2 Å². The second kappa shape index (κ2) is 15.4. The number of nitrogens with one attached hydrogen (secondary N) is 3. The van der Waals surface area contributed by atoms with Crippen molar-refractivity contribution in [2.45, 2.75) is 64.0 Å². The van der Waals surface area contributed by atoms with Gasteiger partial charge in [0.1, 0.15) is 0 Å². The first-order chi connectivity index (χ1) is 17.9. The normalized spacial score (nSPS) is 23.7. The summed E-state index contributed by atoms with van der Waals surface area (Å²) in [5, 5.41) is 9.90. The number of piperidine rings is 1. The van der Waals surface area contributed by atoms with E-state index >= 15 is 0 Å². The molecule has 2 aliphatic rings. The lowest BCUT2D eigenvalue weighted by molar-refractivity contribution is -0.00865. The second-order valence-corrected chi connectivity index (χ2v) is 11.1. The highest BCUT2D eigenvalue weighted by molar-refractivity contribution is 6.30. The minimum atomic E-state index is -0.484. The van der Waals surface area contributed by atoms with Gasteiger partial charge in [0, 0.05) is 43.2 Å². The molecule has 1 saturated heterocycles. The Morgan fingerprint density at radius 2 is 1.97 bits per heavy atom. The van der Waals surface area contributed by atoms with Crippen molar-refractivity contribution < 1.29 is 19.1 Å². The minimum Gasteiger partial charge on any atom is -0.453 e. The van der Waals surface area contributed by atoms with Gasteiger partial charge in [-0.3, -0.25) is 0 Å². The van der Waals surface area contributed by atoms with Crippen molar-refractivity contribution >= 4 is 23.7 Å². The molecule has 208 valence electrons. The highest BCUT2D eigenvalue weighted by atomic mass is 35.5. The zero-order valence-electron chi connectivity index (χ0n) is 22.6. The molecule has 3 amide bonds. The van der Waals surface area contributed by atoms with Crippen LogP contribution in [0.5, 0.6) is 0 Å². The molecule has 1 saturated carbocycles. The van der Waals surface area contributed by atoms with E-state index in [2.05, 4.69) is 27.6 Å². The third-order valence-corrected chi connectivity index (χ3v) is 7.97. The number of urea groups is 1. The summed E-state index contributed by atoms with van der Waals surface area (Å²) in [5.74, 6) is 1.63. The fourth-order valence-corrected chi connectivity index (χ4v) is 5.91. The third-order valence-electron chi connectivity index (χ3n) is 7.74. The molecule has 1 aliphatic carbocycles. The van der Waals surface area contributed by atoms with E-state index in [9.17, 15) is 9.59 Å². The summed E-state index contributed by atoms with van der Waals surface area (Å²) in [6, 6.07) is 7.83. The number of benzene rings is 1. The Kier molecular flexibility index (Phi) is 12.3. The lowest BCUT2D eigenvalue weighted by Gasteiger charge is -2.38. The van der Waals surface area contributed by atoms with Crippen LogP contribution in [-0.2, 0) is 9.47 Å². The largest absolute Gasteiger partial charge is 0.453 e. The molecule has 1 heterocycles. The average Bonchev–Trinajstić information content (AvgIpc) is 2.90. The SMILES string of the molecule is CNC[C@H](CC1CCC(C)CC1)NC(=O)N1CCC[C@@H]([C@@H](OCCNC(=O)OC)c2cccc(Cl)c2)C1. The fourth-order valence-electron chi connectivity index (χ4n) is 5.71. The van der Waals surface area contributed by atoms with Crippen LogP contribution in [0.1, 0.15) is 63.5 Å². The van der Waals surface area contributed by atoms with Gasteiger partial charge >= 0.3 is 12.1 Å². The molecule has 1 aromatic carbocycles. The Bertz CT molecular complexity index is 849. The lowest BCUT2D eigenvalue weighted by atomic mass is 9.80. The monoisotopic (exact) mass is 536 g/mol. The molecule has 1 aromatic rings. The summed E-state index contributed by atoms with van der Waals surface area (Å²) in [5.41, 5.74) is 0.984. The van der Waals surface area contributed by atoms with Crippen LogP contribution in [0.3, 0.4) is 0 Å². The van der Waals surface area contributed by atoms with Crippen molar-refractivity contribution in [2.24, 2.45) is 17.8 Å². The molecule has 1 aliphatic heterocycles. The third kappa shape index (κ3) is 9.65. The van der Waals surface area contributed by atoms with E-state index in [0.29, 0.717) is 30.6 Å². The topological polar surface area (TPSA) is 91.9 Å². The maximum Gasteiger partial charge on any atom is 0.406 e. The Balaban J connectivity index is 1.61. The highest BCUT2D eigenvalue weighted by Crippen LogP contribution is 2.34. The highest BCUT2D eigenvalue weighted by Gasteiger charge is 2.32. The van der Waals surface area contributed by atoms with E-state index in [1.165, 1.54) is 32.8 Å². The van der Waals surface area contributed by atoms with Crippen LogP contribution in [-0.4, -0.2) is 70.0 Å². The van der Waals surface area contributed by atoms with Gasteiger partial charge in [-0.1, -0.05) is 56.3 Å². The Labute approximate surface area is 227 Å². The molecule has 0 aromatic heterocycles. The zero-order chi connectivity index (χ0) is 26.6. The predicted octanol–water partition coefficient (Wildman–Crippen LogP) is 4.98. The number of hydrogen-bond donors (Lipinski definition) is 3. The van der Waals surface area contributed by atoms with E-state index in [4.69, 9.17) is 16.3 Å². The van der Waals surface area contributed by atoms with Gasteiger partial charge in [0.05, 0.1) is 19.8 Å². The number of carbonyl (C=O) groups excluding carboxylic acids is 2. The number of alkyl carbamates (subject to hydrolysis) is 1. The molecule has 3 N–H and O–H groups in total. The number of amides is 3. The van der Waals surface area contributed by atoms with Gasteiger partial charge in [0.15, 0.2) is 0 Å². The number of likely N-dealkylation sites (N-methyl/N-ethyl adjacent to an activating group) is 1. The molecule has 8 nitrogen and oxygen atoms in total. The van der Waals surface area contributed by atoms with Gasteiger partial charge in [-0.05, 0) is 55.8 Å². The van der Waals surface area contributed by atoms with Gasteiger partial charge in [-0.25, -0.2) is 9.59 Å². The molecule has 0 radical (unpaired) electrons. The number of hydrogen-bond acceptors (Lipinski definition) is 5. The van der Waals surface area contributed by atoms with Crippen molar-refractivity contribution in [2.75, 3.05) is 46.9 Å². The van der Waals surface area contributed by atoms with Gasteiger partial charge in [0.25, 0.3) is 0 Å². The quantitative estimate of drug-likeness (QED) is 0.347. The molecule has 2 fully saturated rings. The number of likely N-dealkylation sites (tertiary alicyclic amines) is 1. The number of methoxy groups -OCH3 is 1. The van der Waals surface area contributed by atoms with E-state index in [1.54, 1.807) is 0 Å². The maximum atomic E-state index is 13.4. The number of ether oxygens (including phenoxy) is 2. The maximum absolute atomic E-state index is 13.4. The van der Waals surface area contributed by atoms with Crippen LogP contribution in [0.15, 0.2) is 24.3 Å². The van der Waals surface area contributed by atoms with Gasteiger partial charge in [-0.2, -0.15) is 0 Å². The Morgan fingerprint density at radius 3 is 2.68 bits per heavy atom. The molecule has 9 heteroatoms. The molecular formula is C28H45ClN4O4. The van der Waals surface area contributed by atoms with Crippen molar-refractivity contribution in [3.63, 3.8) is 0 Å². The molecule has 0 bridgehead atoms. The fraction of sp³-hybridized carbons (Fsp3) is 0.714. The van der Waals surface area contributed by atoms with Crippen molar-refractivity contribution in [3.05, 3.63) is 34.9 Å². The summed E-state index contributed by atoms with van der Waals surface area (Å²) in [4.78, 5) is 26.7. The zero-order valence-corrected chi connectivity index (χ0v) is 23.4. The van der Waals surface area contributed by atoms with E-state index in [-0.39, 0.29) is 24.1 Å². The van der Waals surface area contributed by atoms with Crippen LogP contribution in [0.4, 0.5) is 9.59 Å². The lowest BCUT2D eigenvalue weighted by Crippen LogP contribution is -2.52. The number of carbonyl (C=O) groups is 2. The van der Waals surface area contributed by atoms with E-state index in [0.717, 1.165) is 43.8 Å². The van der Waals surface area contributed by atoms with Crippen LogP contribution < -0.4 is 16.0 Å². The standard InChI is InChI=1S/C28H45ClN4O4/c1-20-9-11-21(12-10-20)16-25(18-30-2)32-27(34)33-14-5-7-23(19-33)26(22-6-4-8-24(29)17-22)37-15-13-31-28(35)36-3/h4,6,8,17,20-21,23,25-26,30H,5,7,9-16,18-19H2,1-3H3,(H,31,35)(H,32,34)/t20?,21?,23-,25+,26+/m1/s1. The first kappa shape index (κ1) is 29.5. The average molecular weight is 537 g/mol. The molecule has 0 unspecified atom stereocenters. The Morgan fingerprint density at radius 1 is 1.19 bits per heavy atom. The first-order valence-corrected chi connectivity index (χ1v) is 14.2. The summed E-state index contributed by atoms with van der Waals surface area (Å²) < 4.78 is 10.9.